The van der Waals surface area contributed by atoms with E-state index in [1.807, 2.05) is 24.3 Å². The van der Waals surface area contributed by atoms with Gasteiger partial charge in [0.2, 0.25) is 5.95 Å². The van der Waals surface area contributed by atoms with E-state index in [-0.39, 0.29) is 13.7 Å². The zero-order valence-corrected chi connectivity index (χ0v) is 19.9. The summed E-state index contributed by atoms with van der Waals surface area (Å²) >= 11 is 0. The number of benzene rings is 1. The predicted molar refractivity (Wildman–Crippen MR) is 130 cm³/mol. The van der Waals surface area contributed by atoms with Gasteiger partial charge in [0.25, 0.3) is 0 Å². The van der Waals surface area contributed by atoms with E-state index in [0.717, 1.165) is 36.1 Å². The van der Waals surface area contributed by atoms with Gasteiger partial charge in [-0.25, -0.2) is 4.98 Å². The van der Waals surface area contributed by atoms with Crippen LogP contribution in [-0.2, 0) is 10.8 Å². The van der Waals surface area contributed by atoms with Gasteiger partial charge >= 0.3 is 0 Å². The van der Waals surface area contributed by atoms with Crippen LogP contribution < -0.4 is 11.1 Å². The van der Waals surface area contributed by atoms with E-state index in [4.69, 9.17) is 10.7 Å². The molecule has 0 aliphatic carbocycles. The molecule has 0 spiro atoms. The second-order valence-corrected chi connectivity index (χ2v) is 9.33. The van der Waals surface area contributed by atoms with Crippen molar-refractivity contribution in [1.29, 1.82) is 0 Å². The fraction of sp³-hybridized carbons (Fsp3) is 0.625. The predicted octanol–water partition coefficient (Wildman–Crippen LogP) is 7.12. The molecule has 0 atom stereocenters. The molecule has 2 aromatic rings. The van der Waals surface area contributed by atoms with Crippen LogP contribution in [0.4, 0.5) is 17.3 Å². The third-order valence-corrected chi connectivity index (χ3v) is 5.57. The average Bonchev–Trinajstić information content (AvgIpc) is 2.68. The SMILES string of the molecule is CCC(C)(C)c1nc(Nc2cccc(N)c2)nc(C(C)(C)CC)n1.CCC(C)C.[HH].[HH]. The number of hydrogen-bond donors (Lipinski definition) is 2. The van der Waals surface area contributed by atoms with Gasteiger partial charge < -0.3 is 11.1 Å². The molecule has 1 aromatic heterocycles. The maximum Gasteiger partial charge on any atom is 0.230 e. The maximum atomic E-state index is 5.86. The van der Waals surface area contributed by atoms with Gasteiger partial charge in [-0.05, 0) is 37.0 Å². The first kappa shape index (κ1) is 24.9. The number of nitrogens with zero attached hydrogens (tertiary/aromatic N) is 3. The summed E-state index contributed by atoms with van der Waals surface area (Å²) in [6.07, 6.45) is 3.22. The Morgan fingerprint density at radius 1 is 0.931 bits per heavy atom. The van der Waals surface area contributed by atoms with Crippen LogP contribution in [0.2, 0.25) is 0 Å². The summed E-state index contributed by atoms with van der Waals surface area (Å²) in [5.74, 6) is 3.10. The normalized spacial score (nSPS) is 11.8. The van der Waals surface area contributed by atoms with Gasteiger partial charge in [-0.15, -0.1) is 0 Å². The highest BCUT2D eigenvalue weighted by Gasteiger charge is 2.28. The largest absolute Gasteiger partial charge is 0.399 e. The summed E-state index contributed by atoms with van der Waals surface area (Å²) in [5.41, 5.74) is 7.24. The van der Waals surface area contributed by atoms with E-state index in [0.29, 0.717) is 11.6 Å². The number of aromatic nitrogens is 3. The van der Waals surface area contributed by atoms with E-state index in [9.17, 15) is 0 Å². The molecule has 2 rings (SSSR count). The molecule has 0 bridgehead atoms. The molecule has 0 amide bonds. The van der Waals surface area contributed by atoms with Crippen LogP contribution in [0.25, 0.3) is 0 Å². The fourth-order valence-electron chi connectivity index (χ4n) is 2.10. The van der Waals surface area contributed by atoms with Crippen LogP contribution in [0.3, 0.4) is 0 Å². The third-order valence-electron chi connectivity index (χ3n) is 5.57. The molecule has 0 saturated carbocycles. The second-order valence-electron chi connectivity index (χ2n) is 9.33. The van der Waals surface area contributed by atoms with Crippen LogP contribution in [0.15, 0.2) is 24.3 Å². The van der Waals surface area contributed by atoms with Gasteiger partial charge in [0.15, 0.2) is 0 Å². The Hall–Kier alpha value is -2.17. The second kappa shape index (κ2) is 10.6. The number of nitrogens with one attached hydrogen (secondary N) is 1. The van der Waals surface area contributed by atoms with Crippen molar-refractivity contribution in [3.8, 4) is 0 Å². The number of nitrogen functional groups attached to an aromatic ring is 1. The van der Waals surface area contributed by atoms with Gasteiger partial charge in [0.05, 0.1) is 0 Å². The van der Waals surface area contributed by atoms with Crippen molar-refractivity contribution in [1.82, 2.24) is 15.0 Å². The summed E-state index contributed by atoms with van der Waals surface area (Å²) < 4.78 is 0. The van der Waals surface area contributed by atoms with Gasteiger partial charge in [-0.3, -0.25) is 0 Å². The summed E-state index contributed by atoms with van der Waals surface area (Å²) in [7, 11) is 0. The lowest BCUT2D eigenvalue weighted by atomic mass is 9.87. The van der Waals surface area contributed by atoms with E-state index in [1.165, 1.54) is 6.42 Å². The van der Waals surface area contributed by atoms with Gasteiger partial charge in [0.1, 0.15) is 11.6 Å². The quantitative estimate of drug-likeness (QED) is 0.481. The Kier molecular flexibility index (Phi) is 9.06. The van der Waals surface area contributed by atoms with Crippen molar-refractivity contribution in [2.24, 2.45) is 5.92 Å². The van der Waals surface area contributed by atoms with Gasteiger partial charge in [-0.1, -0.05) is 74.8 Å². The van der Waals surface area contributed by atoms with Gasteiger partial charge in [-0.2, -0.15) is 9.97 Å². The molecular formula is C24H45N5. The number of hydrogen-bond acceptors (Lipinski definition) is 5. The average molecular weight is 404 g/mol. The molecule has 0 saturated heterocycles. The molecule has 0 radical (unpaired) electrons. The molecule has 0 aliphatic rings. The highest BCUT2D eigenvalue weighted by molar-refractivity contribution is 5.59. The minimum atomic E-state index is -0.104. The molecule has 5 nitrogen and oxygen atoms in total. The van der Waals surface area contributed by atoms with E-state index < -0.39 is 0 Å². The lowest BCUT2D eigenvalue weighted by Crippen LogP contribution is -2.27. The van der Waals surface area contributed by atoms with Crippen molar-refractivity contribution in [3.05, 3.63) is 35.9 Å². The van der Waals surface area contributed by atoms with Gasteiger partial charge in [0, 0.05) is 25.1 Å². The molecule has 29 heavy (non-hydrogen) atoms. The van der Waals surface area contributed by atoms with E-state index in [2.05, 4.69) is 77.6 Å². The van der Waals surface area contributed by atoms with Crippen LogP contribution in [0.5, 0.6) is 0 Å². The Morgan fingerprint density at radius 2 is 1.41 bits per heavy atom. The smallest absolute Gasteiger partial charge is 0.230 e. The molecule has 5 heteroatoms. The highest BCUT2D eigenvalue weighted by Crippen LogP contribution is 2.29. The van der Waals surface area contributed by atoms with Crippen molar-refractivity contribution in [2.75, 3.05) is 11.1 Å². The van der Waals surface area contributed by atoms with Crippen LogP contribution in [0.1, 0.15) is 96.1 Å². The Labute approximate surface area is 180 Å². The van der Waals surface area contributed by atoms with Crippen molar-refractivity contribution in [2.45, 2.75) is 92.4 Å². The topological polar surface area (TPSA) is 76.7 Å². The summed E-state index contributed by atoms with van der Waals surface area (Å²) in [6.45, 7) is 19.6. The van der Waals surface area contributed by atoms with Crippen LogP contribution >= 0.6 is 0 Å². The molecule has 0 aliphatic heterocycles. The fourth-order valence-corrected chi connectivity index (χ4v) is 2.10. The van der Waals surface area contributed by atoms with E-state index >= 15 is 0 Å². The summed E-state index contributed by atoms with van der Waals surface area (Å²) in [4.78, 5) is 14.1. The molecule has 0 unspecified atom stereocenters. The number of nitrogens with two attached hydrogens (primary N) is 1. The molecular weight excluding hydrogens is 358 g/mol. The number of rotatable bonds is 7. The summed E-state index contributed by atoms with van der Waals surface area (Å²) in [6, 6.07) is 7.59. The first-order valence-electron chi connectivity index (χ1n) is 10.8. The minimum absolute atomic E-state index is 0. The monoisotopic (exact) mass is 403 g/mol. The van der Waals surface area contributed by atoms with Crippen molar-refractivity contribution in [3.63, 3.8) is 0 Å². The zero-order chi connectivity index (χ0) is 22.2. The van der Waals surface area contributed by atoms with E-state index in [1.54, 1.807) is 0 Å². The van der Waals surface area contributed by atoms with Crippen molar-refractivity contribution >= 4 is 17.3 Å². The lowest BCUT2D eigenvalue weighted by Gasteiger charge is -2.26. The first-order valence-corrected chi connectivity index (χ1v) is 10.8. The molecule has 0 fully saturated rings. The first-order chi connectivity index (χ1) is 13.4. The minimum Gasteiger partial charge on any atom is -0.399 e. The maximum absolute atomic E-state index is 5.86. The molecule has 166 valence electrons. The Morgan fingerprint density at radius 3 is 1.79 bits per heavy atom. The van der Waals surface area contributed by atoms with Crippen LogP contribution in [0, 0.1) is 5.92 Å². The molecule has 1 aromatic carbocycles. The molecule has 3 N–H and O–H groups in total. The molecule has 1 heterocycles. The summed E-state index contributed by atoms with van der Waals surface area (Å²) in [5, 5.41) is 3.28. The zero-order valence-electron chi connectivity index (χ0n) is 19.9. The number of anilines is 3. The lowest BCUT2D eigenvalue weighted by molar-refractivity contribution is 0.434. The third kappa shape index (κ3) is 7.64. The Balaban J connectivity index is 0. The highest BCUT2D eigenvalue weighted by atomic mass is 15.2. The van der Waals surface area contributed by atoms with Crippen molar-refractivity contribution < 1.29 is 2.85 Å². The standard InChI is InChI=1S/C19H29N5.C5H12.2H2/c1-7-18(3,4)15-22-16(19(5,6)8-2)24-17(23-15)21-14-11-9-10-13(20)12-14;1-4-5(2)3;;/h9-12H,7-8,20H2,1-6H3,(H,21,22,23,24);5H,4H2,1-3H3;2*1H. The van der Waals surface area contributed by atoms with Crippen LogP contribution in [-0.4, -0.2) is 15.0 Å². The Bertz CT molecular complexity index is 742.